The number of rotatable bonds is 3. The number of fused-ring (bicyclic) bond motifs is 1. The number of piperidine rings is 1. The summed E-state index contributed by atoms with van der Waals surface area (Å²) >= 11 is 7.55. The highest BCUT2D eigenvalue weighted by molar-refractivity contribution is 7.99. The van der Waals surface area contributed by atoms with Gasteiger partial charge in [0.2, 0.25) is 0 Å². The van der Waals surface area contributed by atoms with Crippen molar-refractivity contribution in [2.45, 2.75) is 28.3 Å². The van der Waals surface area contributed by atoms with Gasteiger partial charge in [0.25, 0.3) is 0 Å². The number of nitrogens with zero attached hydrogens (tertiary/aromatic N) is 4. The van der Waals surface area contributed by atoms with Crippen LogP contribution in [0.25, 0.3) is 0 Å². The molecule has 0 aromatic carbocycles. The summed E-state index contributed by atoms with van der Waals surface area (Å²) in [6, 6.07) is 1.79. The zero-order chi connectivity index (χ0) is 19.4. The van der Waals surface area contributed by atoms with Crippen LogP contribution in [0.3, 0.4) is 0 Å². The van der Waals surface area contributed by atoms with E-state index in [1.807, 2.05) is 0 Å². The molecule has 1 unspecified atom stereocenters. The van der Waals surface area contributed by atoms with Crippen molar-refractivity contribution in [1.82, 2.24) is 20.3 Å². The fourth-order valence-electron chi connectivity index (χ4n) is 4.32. The van der Waals surface area contributed by atoms with Gasteiger partial charge in [-0.2, -0.15) is 0 Å². The molecule has 0 radical (unpaired) electrons. The minimum absolute atomic E-state index is 0.218. The van der Waals surface area contributed by atoms with Crippen LogP contribution >= 0.6 is 23.4 Å². The summed E-state index contributed by atoms with van der Waals surface area (Å²) in [6.07, 6.45) is 5.57. The largest absolute Gasteiger partial charge is 0.382 e. The Balaban J connectivity index is 1.30. The molecule has 0 saturated carbocycles. The Kier molecular flexibility index (Phi) is 4.31. The third-order valence-corrected chi connectivity index (χ3v) is 7.81. The molecule has 10 heteroatoms. The molecule has 5 rings (SSSR count). The molecule has 5 heterocycles. The summed E-state index contributed by atoms with van der Waals surface area (Å²) in [4.78, 5) is 16.1. The lowest BCUT2D eigenvalue weighted by Gasteiger charge is -2.42. The number of nitrogen functional groups attached to an aromatic ring is 2. The number of nitrogens with one attached hydrogen (secondary N) is 1. The van der Waals surface area contributed by atoms with E-state index < -0.39 is 0 Å². The Hall–Kier alpha value is -1.81. The Morgan fingerprint density at radius 2 is 1.96 bits per heavy atom. The van der Waals surface area contributed by atoms with Gasteiger partial charge >= 0.3 is 0 Å². The van der Waals surface area contributed by atoms with Gasteiger partial charge in [-0.3, -0.25) is 0 Å². The molecule has 3 aliphatic heterocycles. The number of anilines is 3. The maximum atomic E-state index is 6.22. The molecule has 2 spiro atoms. The van der Waals surface area contributed by atoms with Crippen molar-refractivity contribution in [3.63, 3.8) is 0 Å². The number of pyridine rings is 1. The first-order valence-electron chi connectivity index (χ1n) is 9.30. The van der Waals surface area contributed by atoms with Crippen LogP contribution in [-0.4, -0.2) is 53.3 Å². The van der Waals surface area contributed by atoms with Gasteiger partial charge in [-0.1, -0.05) is 23.4 Å². The summed E-state index contributed by atoms with van der Waals surface area (Å²) in [5, 5.41) is 4.56. The highest BCUT2D eigenvalue weighted by atomic mass is 35.5. The average Bonchev–Trinajstić information content (AvgIpc) is 3.41. The molecule has 3 saturated heterocycles. The van der Waals surface area contributed by atoms with Gasteiger partial charge in [-0.25, -0.2) is 15.0 Å². The fraction of sp³-hybridized carbons (Fsp3) is 0.500. The van der Waals surface area contributed by atoms with Gasteiger partial charge in [0, 0.05) is 36.1 Å². The van der Waals surface area contributed by atoms with E-state index in [9.17, 15) is 0 Å². The first-order chi connectivity index (χ1) is 13.5. The average molecular weight is 420 g/mol. The molecule has 1 atom stereocenters. The minimum atomic E-state index is 0.218. The molecule has 28 heavy (non-hydrogen) atoms. The topological polar surface area (TPSA) is 125 Å². The van der Waals surface area contributed by atoms with Crippen LogP contribution in [0.1, 0.15) is 12.8 Å². The highest BCUT2D eigenvalue weighted by Gasteiger charge is 2.63. The van der Waals surface area contributed by atoms with E-state index in [4.69, 9.17) is 27.8 Å². The summed E-state index contributed by atoms with van der Waals surface area (Å²) < 4.78 is 5.81. The number of ether oxygens (including phenoxy) is 1. The molecule has 2 aromatic rings. The Morgan fingerprint density at radius 1 is 1.18 bits per heavy atom. The van der Waals surface area contributed by atoms with Gasteiger partial charge in [0.15, 0.2) is 5.82 Å². The molecule has 3 fully saturated rings. The predicted molar refractivity (Wildman–Crippen MR) is 110 cm³/mol. The van der Waals surface area contributed by atoms with E-state index in [2.05, 4.69) is 25.2 Å². The monoisotopic (exact) mass is 419 g/mol. The van der Waals surface area contributed by atoms with Crippen LogP contribution in [-0.2, 0) is 4.74 Å². The molecule has 0 bridgehead atoms. The normalized spacial score (nSPS) is 25.5. The summed E-state index contributed by atoms with van der Waals surface area (Å²) in [7, 11) is 0. The van der Waals surface area contributed by atoms with E-state index in [0.717, 1.165) is 56.4 Å². The lowest BCUT2D eigenvalue weighted by atomic mass is 9.70. The summed E-state index contributed by atoms with van der Waals surface area (Å²) in [5.41, 5.74) is 12.4. The first-order valence-corrected chi connectivity index (χ1v) is 10.5. The maximum absolute atomic E-state index is 6.22. The van der Waals surface area contributed by atoms with E-state index in [-0.39, 0.29) is 16.8 Å². The smallest absolute Gasteiger partial charge is 0.158 e. The van der Waals surface area contributed by atoms with Crippen LogP contribution in [0.2, 0.25) is 5.02 Å². The number of aromatic nitrogens is 3. The maximum Gasteiger partial charge on any atom is 0.158 e. The standard InChI is InChI=1S/C18H22ClN7OS/c19-13-11(1-4-22-14(13)20)28-16-15(21)25-12(7-23-16)26-5-2-17(3-6-26)9-27-10-18(17)8-24-18/h1,4,7,24H,2-3,5-6,8-10H2,(H2,20,22)(H2,21,25). The van der Waals surface area contributed by atoms with Gasteiger partial charge in [-0.15, -0.1) is 0 Å². The summed E-state index contributed by atoms with van der Waals surface area (Å²) in [5.74, 6) is 1.49. The molecule has 5 N–H and O–H groups in total. The number of hydrogen-bond acceptors (Lipinski definition) is 9. The van der Waals surface area contributed by atoms with Crippen molar-refractivity contribution in [3.05, 3.63) is 23.5 Å². The lowest BCUT2D eigenvalue weighted by molar-refractivity contribution is 0.130. The Morgan fingerprint density at radius 3 is 2.68 bits per heavy atom. The SMILES string of the molecule is Nc1nc(N2CCC3(CC2)COCC32CN2)cnc1Sc1ccnc(N)c1Cl. The van der Waals surface area contributed by atoms with Gasteiger partial charge < -0.3 is 26.4 Å². The second-order valence-electron chi connectivity index (χ2n) is 7.72. The molecular formula is C18H22ClN7OS. The summed E-state index contributed by atoms with van der Waals surface area (Å²) in [6.45, 7) is 4.63. The van der Waals surface area contributed by atoms with E-state index in [0.29, 0.717) is 15.9 Å². The van der Waals surface area contributed by atoms with Crippen molar-refractivity contribution >= 4 is 40.8 Å². The molecule has 0 aliphatic carbocycles. The van der Waals surface area contributed by atoms with Crippen LogP contribution < -0.4 is 21.7 Å². The Labute approximate surface area is 172 Å². The van der Waals surface area contributed by atoms with E-state index in [1.165, 1.54) is 11.8 Å². The number of halogens is 1. The van der Waals surface area contributed by atoms with Crippen molar-refractivity contribution in [3.8, 4) is 0 Å². The molecule has 8 nitrogen and oxygen atoms in total. The number of hydrogen-bond donors (Lipinski definition) is 3. The minimum Gasteiger partial charge on any atom is -0.382 e. The molecule has 3 aliphatic rings. The van der Waals surface area contributed by atoms with Crippen molar-refractivity contribution < 1.29 is 4.74 Å². The Bertz CT molecular complexity index is 915. The third kappa shape index (κ3) is 2.88. The van der Waals surface area contributed by atoms with Gasteiger partial charge in [0.1, 0.15) is 16.7 Å². The second-order valence-corrected chi connectivity index (χ2v) is 9.13. The highest BCUT2D eigenvalue weighted by Crippen LogP contribution is 2.51. The van der Waals surface area contributed by atoms with Crippen LogP contribution in [0, 0.1) is 5.41 Å². The van der Waals surface area contributed by atoms with Crippen LogP contribution in [0.4, 0.5) is 17.5 Å². The first kappa shape index (κ1) is 18.2. The van der Waals surface area contributed by atoms with Gasteiger partial charge in [-0.05, 0) is 18.9 Å². The van der Waals surface area contributed by atoms with Crippen LogP contribution in [0.15, 0.2) is 28.4 Å². The molecular weight excluding hydrogens is 398 g/mol. The van der Waals surface area contributed by atoms with E-state index >= 15 is 0 Å². The van der Waals surface area contributed by atoms with Crippen LogP contribution in [0.5, 0.6) is 0 Å². The lowest BCUT2D eigenvalue weighted by Crippen LogP contribution is -2.49. The predicted octanol–water partition coefficient (Wildman–Crippen LogP) is 1.80. The van der Waals surface area contributed by atoms with Crippen molar-refractivity contribution in [2.24, 2.45) is 5.41 Å². The third-order valence-electron chi connectivity index (χ3n) is 6.23. The molecule has 148 valence electrons. The zero-order valence-electron chi connectivity index (χ0n) is 15.3. The molecule has 2 aromatic heterocycles. The number of nitrogens with two attached hydrogens (primary N) is 2. The van der Waals surface area contributed by atoms with Crippen molar-refractivity contribution in [1.29, 1.82) is 0 Å². The fourth-order valence-corrected chi connectivity index (χ4v) is 5.33. The molecule has 0 amide bonds. The van der Waals surface area contributed by atoms with E-state index in [1.54, 1.807) is 18.5 Å². The van der Waals surface area contributed by atoms with Gasteiger partial charge in [0.05, 0.1) is 30.0 Å². The second kappa shape index (κ2) is 6.62. The quantitative estimate of drug-likeness (QED) is 0.638. The van der Waals surface area contributed by atoms with Crippen molar-refractivity contribution in [2.75, 3.05) is 49.2 Å². The zero-order valence-corrected chi connectivity index (χ0v) is 16.9.